The Hall–Kier alpha value is 0.177. The molecular weight excluding hydrogens is 188 g/mol. The van der Waals surface area contributed by atoms with Gasteiger partial charge >= 0.3 is 0 Å². The summed E-state index contributed by atoms with van der Waals surface area (Å²) in [6.45, 7) is 18.3. The lowest BCUT2D eigenvalue weighted by atomic mass is 9.60. The fraction of sp³-hybridized carbons (Fsp3) is 1.00. The van der Waals surface area contributed by atoms with Crippen LogP contribution in [0.1, 0.15) is 55.4 Å². The molecule has 0 saturated carbocycles. The van der Waals surface area contributed by atoms with Gasteiger partial charge in [0.15, 0.2) is 0 Å². The van der Waals surface area contributed by atoms with Crippen LogP contribution in [0.15, 0.2) is 0 Å². The van der Waals surface area contributed by atoms with E-state index in [0.717, 1.165) is 10.5 Å². The lowest BCUT2D eigenvalue weighted by Crippen LogP contribution is -2.48. The first kappa shape index (κ1) is 14.2. The molecule has 0 unspecified atom stereocenters. The van der Waals surface area contributed by atoms with E-state index in [0.29, 0.717) is 5.92 Å². The molecule has 1 nitrogen and oxygen atoms in total. The Labute approximate surface area is 93.2 Å². The molecule has 14 heavy (non-hydrogen) atoms. The van der Waals surface area contributed by atoms with Crippen LogP contribution in [0.4, 0.5) is 0 Å². The van der Waals surface area contributed by atoms with Gasteiger partial charge in [-0.2, -0.15) is 0 Å². The van der Waals surface area contributed by atoms with Crippen LogP contribution in [-0.2, 0) is 4.43 Å². The van der Waals surface area contributed by atoms with Gasteiger partial charge in [-0.15, -0.1) is 0 Å². The molecule has 0 aliphatic carbocycles. The maximum Gasteiger partial charge on any atom is 0.146 e. The van der Waals surface area contributed by atoms with Gasteiger partial charge in [0.2, 0.25) is 0 Å². The molecule has 0 bridgehead atoms. The van der Waals surface area contributed by atoms with Crippen molar-refractivity contribution in [3.63, 3.8) is 0 Å². The van der Waals surface area contributed by atoms with Crippen LogP contribution in [0.2, 0.25) is 0 Å². The average Bonchev–Trinajstić information content (AvgIpc) is 1.79. The zero-order valence-electron chi connectivity index (χ0n) is 11.5. The van der Waals surface area contributed by atoms with Crippen LogP contribution in [0.3, 0.4) is 0 Å². The van der Waals surface area contributed by atoms with Gasteiger partial charge in [-0.3, -0.25) is 0 Å². The molecule has 0 heterocycles. The molecule has 0 saturated heterocycles. The maximum atomic E-state index is 5.79. The van der Waals surface area contributed by atoms with E-state index in [2.05, 4.69) is 55.4 Å². The molecule has 0 radical (unpaired) electrons. The van der Waals surface area contributed by atoms with Gasteiger partial charge in [0, 0.05) is 0 Å². The molecule has 0 aromatic carbocycles. The summed E-state index contributed by atoms with van der Waals surface area (Å²) < 4.78 is 5.79. The lowest BCUT2D eigenvalue weighted by Gasteiger charge is -2.49. The monoisotopic (exact) mass is 216 g/mol. The third-order valence-electron chi connectivity index (χ3n) is 2.95. The summed E-state index contributed by atoms with van der Waals surface area (Å²) >= 11 is 0. The molecule has 0 amide bonds. The second kappa shape index (κ2) is 3.97. The van der Waals surface area contributed by atoms with Crippen molar-refractivity contribution in [2.24, 2.45) is 16.7 Å². The third-order valence-corrected chi connectivity index (χ3v) is 4.01. The first-order valence-corrected chi connectivity index (χ1v) is 6.29. The first-order chi connectivity index (χ1) is 5.93. The molecule has 0 spiro atoms. The zero-order chi connectivity index (χ0) is 11.8. The van der Waals surface area contributed by atoms with Crippen LogP contribution >= 0.6 is 0 Å². The Morgan fingerprint density at radius 2 is 1.07 bits per heavy atom. The van der Waals surface area contributed by atoms with Crippen LogP contribution in [0.5, 0.6) is 0 Å². The summed E-state index contributed by atoms with van der Waals surface area (Å²) in [5.41, 5.74) is 0.557. The standard InChI is InChI=1S/C12H28OSi/c1-10(2,3)9(11(4,5)6)12(7,8)13-14/h9H,1-8,14H3. The molecule has 0 fully saturated rings. The highest BCUT2D eigenvalue weighted by Crippen LogP contribution is 2.47. The van der Waals surface area contributed by atoms with E-state index in [1.54, 1.807) is 0 Å². The second-order valence-electron chi connectivity index (χ2n) is 6.97. The van der Waals surface area contributed by atoms with Crippen LogP contribution in [0.25, 0.3) is 0 Å². The van der Waals surface area contributed by atoms with Crippen molar-refractivity contribution in [2.45, 2.75) is 61.0 Å². The molecule has 0 N–H and O–H groups in total. The van der Waals surface area contributed by atoms with E-state index in [1.807, 2.05) is 0 Å². The second-order valence-corrected chi connectivity index (χ2v) is 7.38. The fourth-order valence-corrected chi connectivity index (χ4v) is 3.74. The number of hydrogen-bond donors (Lipinski definition) is 0. The molecule has 0 atom stereocenters. The van der Waals surface area contributed by atoms with Crippen molar-refractivity contribution in [2.75, 3.05) is 0 Å². The normalized spacial score (nSPS) is 15.2. The maximum absolute atomic E-state index is 5.79. The predicted octanol–water partition coefficient (Wildman–Crippen LogP) is 2.77. The van der Waals surface area contributed by atoms with E-state index in [1.165, 1.54) is 0 Å². The highest BCUT2D eigenvalue weighted by molar-refractivity contribution is 5.98. The van der Waals surface area contributed by atoms with E-state index in [4.69, 9.17) is 4.43 Å². The van der Waals surface area contributed by atoms with Crippen LogP contribution < -0.4 is 0 Å². The predicted molar refractivity (Wildman–Crippen MR) is 67.5 cm³/mol. The molecule has 0 aliphatic rings. The topological polar surface area (TPSA) is 9.23 Å². The summed E-state index contributed by atoms with van der Waals surface area (Å²) in [5.74, 6) is 0.556. The summed E-state index contributed by atoms with van der Waals surface area (Å²) in [6.07, 6.45) is 0. The number of rotatable bonds is 2. The quantitative estimate of drug-likeness (QED) is 0.645. The van der Waals surface area contributed by atoms with E-state index in [9.17, 15) is 0 Å². The number of hydrogen-bond acceptors (Lipinski definition) is 1. The van der Waals surface area contributed by atoms with Crippen molar-refractivity contribution in [1.29, 1.82) is 0 Å². The highest BCUT2D eigenvalue weighted by atomic mass is 28.2. The summed E-state index contributed by atoms with van der Waals surface area (Å²) in [4.78, 5) is 0. The van der Waals surface area contributed by atoms with E-state index < -0.39 is 0 Å². The largest absolute Gasteiger partial charge is 0.423 e. The SMILES string of the molecule is CC(C)(C)C(C(C)(C)C)C(C)(C)O[SiH3]. The van der Waals surface area contributed by atoms with Crippen molar-refractivity contribution < 1.29 is 4.43 Å². The zero-order valence-corrected chi connectivity index (χ0v) is 13.5. The minimum atomic E-state index is -0.0112. The van der Waals surface area contributed by atoms with Gasteiger partial charge in [-0.25, -0.2) is 0 Å². The molecule has 2 heteroatoms. The van der Waals surface area contributed by atoms with Crippen LogP contribution in [-0.4, -0.2) is 16.1 Å². The average molecular weight is 216 g/mol. The van der Waals surface area contributed by atoms with E-state index >= 15 is 0 Å². The molecule has 0 aromatic rings. The molecule has 0 aromatic heterocycles. The Kier molecular flexibility index (Phi) is 4.02. The Balaban J connectivity index is 5.14. The lowest BCUT2D eigenvalue weighted by molar-refractivity contribution is -0.0652. The minimum absolute atomic E-state index is 0.0112. The van der Waals surface area contributed by atoms with Gasteiger partial charge in [-0.05, 0) is 30.6 Å². The summed E-state index contributed by atoms with van der Waals surface area (Å²) in [6, 6.07) is 0. The van der Waals surface area contributed by atoms with Crippen molar-refractivity contribution in [3.8, 4) is 0 Å². The molecule has 0 aliphatic heterocycles. The highest BCUT2D eigenvalue weighted by Gasteiger charge is 2.44. The van der Waals surface area contributed by atoms with Gasteiger partial charge < -0.3 is 4.43 Å². The third kappa shape index (κ3) is 3.39. The molecule has 86 valence electrons. The van der Waals surface area contributed by atoms with Crippen molar-refractivity contribution >= 4 is 10.5 Å². The van der Waals surface area contributed by atoms with Gasteiger partial charge in [0.05, 0.1) is 5.60 Å². The van der Waals surface area contributed by atoms with Gasteiger partial charge in [-0.1, -0.05) is 41.5 Å². The summed E-state index contributed by atoms with van der Waals surface area (Å²) in [7, 11) is 0.813. The summed E-state index contributed by atoms with van der Waals surface area (Å²) in [5, 5.41) is 0. The molecular formula is C12H28OSi. The Bertz CT molecular complexity index is 169. The Morgan fingerprint density at radius 1 is 0.786 bits per heavy atom. The van der Waals surface area contributed by atoms with Crippen molar-refractivity contribution in [3.05, 3.63) is 0 Å². The Morgan fingerprint density at radius 3 is 1.14 bits per heavy atom. The minimum Gasteiger partial charge on any atom is -0.423 e. The first-order valence-electron chi connectivity index (χ1n) is 5.48. The van der Waals surface area contributed by atoms with Gasteiger partial charge in [0.1, 0.15) is 10.5 Å². The molecule has 0 rings (SSSR count). The van der Waals surface area contributed by atoms with Gasteiger partial charge in [0.25, 0.3) is 0 Å². The van der Waals surface area contributed by atoms with Crippen molar-refractivity contribution in [1.82, 2.24) is 0 Å². The smallest absolute Gasteiger partial charge is 0.146 e. The van der Waals surface area contributed by atoms with Crippen LogP contribution in [0, 0.1) is 16.7 Å². The fourth-order valence-electron chi connectivity index (χ4n) is 3.50. The van der Waals surface area contributed by atoms with E-state index in [-0.39, 0.29) is 16.4 Å².